The molecule has 0 bridgehead atoms. The summed E-state index contributed by atoms with van der Waals surface area (Å²) in [7, 11) is 0. The maximum absolute atomic E-state index is 13.7. The van der Waals surface area contributed by atoms with Gasteiger partial charge in [0.1, 0.15) is 18.5 Å². The van der Waals surface area contributed by atoms with Gasteiger partial charge >= 0.3 is 0 Å². The first-order valence-corrected chi connectivity index (χ1v) is 8.73. The van der Waals surface area contributed by atoms with Crippen molar-refractivity contribution in [1.29, 1.82) is 0 Å². The van der Waals surface area contributed by atoms with Crippen LogP contribution in [0.25, 0.3) is 0 Å². The molecule has 8 heteroatoms. The minimum atomic E-state index is -0.179. The lowest BCUT2D eigenvalue weighted by atomic mass is 10.1. The quantitative estimate of drug-likeness (QED) is 0.266. The van der Waals surface area contributed by atoms with E-state index in [2.05, 4.69) is 25.8 Å². The molecule has 2 N–H and O–H groups in total. The molecule has 0 fully saturated rings. The van der Waals surface area contributed by atoms with Crippen molar-refractivity contribution in [3.05, 3.63) is 47.8 Å². The van der Waals surface area contributed by atoms with E-state index in [1.165, 1.54) is 0 Å². The number of rotatable bonds is 8. The number of nitrogens with zero attached hydrogens (tertiary/aromatic N) is 4. The first kappa shape index (κ1) is 22.3. The summed E-state index contributed by atoms with van der Waals surface area (Å²) in [6.45, 7) is 8.20. The number of aromatic nitrogens is 3. The van der Waals surface area contributed by atoms with E-state index in [1.807, 2.05) is 24.5 Å². The van der Waals surface area contributed by atoms with Gasteiger partial charge in [-0.25, -0.2) is 4.39 Å². The number of nitrogens with one attached hydrogen (secondary N) is 2. The molecule has 6 nitrogen and oxygen atoms in total. The van der Waals surface area contributed by atoms with Gasteiger partial charge < -0.3 is 15.2 Å². The highest BCUT2D eigenvalue weighted by Gasteiger charge is 2.09. The molecular weight excluding hydrogens is 446 g/mol. The van der Waals surface area contributed by atoms with E-state index in [0.29, 0.717) is 5.56 Å². The van der Waals surface area contributed by atoms with Gasteiger partial charge in [-0.2, -0.15) is 0 Å². The molecule has 1 aromatic carbocycles. The van der Waals surface area contributed by atoms with Gasteiger partial charge in [-0.05, 0) is 50.8 Å². The molecule has 2 aromatic rings. The van der Waals surface area contributed by atoms with Crippen LogP contribution < -0.4 is 10.6 Å². The maximum atomic E-state index is 13.7. The standard InChI is InChI=1S/C18H27FN6.HI/c1-4-20-18(21-9-5-6-10-25-12-22-23-13-25)24-15(3)16-8-7-14(2)17(19)11-16;/h7-8,11-13,15H,4-6,9-10H2,1-3H3,(H2,20,21,24);1H. The first-order chi connectivity index (χ1) is 12.1. The van der Waals surface area contributed by atoms with Crippen LogP contribution in [-0.4, -0.2) is 33.8 Å². The predicted octanol–water partition coefficient (Wildman–Crippen LogP) is 3.44. The van der Waals surface area contributed by atoms with Crippen LogP contribution >= 0.6 is 24.0 Å². The second kappa shape index (κ2) is 11.8. The van der Waals surface area contributed by atoms with Gasteiger partial charge in [0.25, 0.3) is 0 Å². The van der Waals surface area contributed by atoms with Crippen LogP contribution in [0.4, 0.5) is 4.39 Å². The van der Waals surface area contributed by atoms with Crippen LogP contribution in [0, 0.1) is 12.7 Å². The van der Waals surface area contributed by atoms with Crippen molar-refractivity contribution in [2.75, 3.05) is 13.1 Å². The second-order valence-corrected chi connectivity index (χ2v) is 6.04. The Bertz CT molecular complexity index is 674. The van der Waals surface area contributed by atoms with Crippen molar-refractivity contribution in [3.63, 3.8) is 0 Å². The topological polar surface area (TPSA) is 67.1 Å². The largest absolute Gasteiger partial charge is 0.357 e. The molecule has 0 aliphatic carbocycles. The molecule has 1 aromatic heterocycles. The van der Waals surface area contributed by atoms with E-state index in [-0.39, 0.29) is 35.8 Å². The number of hydrogen-bond acceptors (Lipinski definition) is 3. The Hall–Kier alpha value is -1.71. The molecular formula is C18H28FIN6. The highest BCUT2D eigenvalue weighted by Crippen LogP contribution is 2.16. The Morgan fingerprint density at radius 3 is 2.65 bits per heavy atom. The summed E-state index contributed by atoms with van der Waals surface area (Å²) in [5, 5.41) is 14.1. The smallest absolute Gasteiger partial charge is 0.191 e. The number of hydrogen-bond donors (Lipinski definition) is 2. The average molecular weight is 474 g/mol. The normalized spacial score (nSPS) is 12.4. The number of aliphatic imine (C=N–C) groups is 1. The van der Waals surface area contributed by atoms with Crippen LogP contribution in [-0.2, 0) is 6.54 Å². The molecule has 0 aliphatic heterocycles. The van der Waals surface area contributed by atoms with Gasteiger partial charge in [-0.1, -0.05) is 12.1 Å². The molecule has 2 rings (SSSR count). The Kier molecular flexibility index (Phi) is 10.2. The molecule has 0 saturated carbocycles. The van der Waals surface area contributed by atoms with Crippen LogP contribution in [0.15, 0.2) is 35.8 Å². The fraction of sp³-hybridized carbons (Fsp3) is 0.500. The summed E-state index contributed by atoms with van der Waals surface area (Å²) < 4.78 is 15.7. The third-order valence-electron chi connectivity index (χ3n) is 3.95. The molecule has 26 heavy (non-hydrogen) atoms. The number of halogens is 2. The highest BCUT2D eigenvalue weighted by atomic mass is 127. The van der Waals surface area contributed by atoms with E-state index >= 15 is 0 Å². The van der Waals surface area contributed by atoms with Crippen molar-refractivity contribution in [2.45, 2.75) is 46.2 Å². The molecule has 1 unspecified atom stereocenters. The summed E-state index contributed by atoms with van der Waals surface area (Å²) in [6.07, 6.45) is 5.43. The van der Waals surface area contributed by atoms with Crippen molar-refractivity contribution >= 4 is 29.9 Å². The Morgan fingerprint density at radius 2 is 2.00 bits per heavy atom. The number of aryl methyl sites for hydroxylation is 2. The van der Waals surface area contributed by atoms with E-state index in [1.54, 1.807) is 31.7 Å². The van der Waals surface area contributed by atoms with Crippen LogP contribution in [0.1, 0.15) is 43.9 Å². The minimum Gasteiger partial charge on any atom is -0.357 e. The van der Waals surface area contributed by atoms with Gasteiger partial charge in [-0.3, -0.25) is 4.99 Å². The summed E-state index contributed by atoms with van der Waals surface area (Å²) >= 11 is 0. The van der Waals surface area contributed by atoms with E-state index < -0.39 is 0 Å². The molecule has 1 atom stereocenters. The van der Waals surface area contributed by atoms with Crippen LogP contribution in [0.2, 0.25) is 0 Å². The lowest BCUT2D eigenvalue weighted by Gasteiger charge is -2.18. The number of unbranched alkanes of at least 4 members (excludes halogenated alkanes) is 1. The maximum Gasteiger partial charge on any atom is 0.191 e. The Labute approximate surface area is 171 Å². The van der Waals surface area contributed by atoms with Gasteiger partial charge in [0.2, 0.25) is 0 Å². The fourth-order valence-electron chi connectivity index (χ4n) is 2.42. The van der Waals surface area contributed by atoms with E-state index in [4.69, 9.17) is 0 Å². The predicted molar refractivity (Wildman–Crippen MR) is 113 cm³/mol. The zero-order valence-electron chi connectivity index (χ0n) is 15.6. The minimum absolute atomic E-state index is 0. The van der Waals surface area contributed by atoms with Crippen molar-refractivity contribution in [3.8, 4) is 0 Å². The summed E-state index contributed by atoms with van der Waals surface area (Å²) in [5.41, 5.74) is 1.56. The zero-order valence-corrected chi connectivity index (χ0v) is 17.9. The molecule has 0 saturated heterocycles. The highest BCUT2D eigenvalue weighted by molar-refractivity contribution is 14.0. The van der Waals surface area contributed by atoms with E-state index in [9.17, 15) is 4.39 Å². The van der Waals surface area contributed by atoms with Crippen molar-refractivity contribution in [2.24, 2.45) is 4.99 Å². The monoisotopic (exact) mass is 474 g/mol. The summed E-state index contributed by atoms with van der Waals surface area (Å²) in [5.74, 6) is 0.572. The molecule has 0 radical (unpaired) electrons. The van der Waals surface area contributed by atoms with E-state index in [0.717, 1.165) is 44.0 Å². The van der Waals surface area contributed by atoms with Crippen molar-refractivity contribution < 1.29 is 4.39 Å². The SMILES string of the molecule is CCNC(=NCCCCn1cnnc1)NC(C)c1ccc(C)c(F)c1.I. The van der Waals surface area contributed by atoms with Gasteiger partial charge in [0.15, 0.2) is 5.96 Å². The van der Waals surface area contributed by atoms with Gasteiger partial charge in [0.05, 0.1) is 6.04 Å². The average Bonchev–Trinajstić information content (AvgIpc) is 3.10. The Morgan fingerprint density at radius 1 is 1.27 bits per heavy atom. The molecule has 0 spiro atoms. The molecule has 144 valence electrons. The van der Waals surface area contributed by atoms with Gasteiger partial charge in [-0.15, -0.1) is 34.2 Å². The third-order valence-corrected chi connectivity index (χ3v) is 3.95. The molecule has 1 heterocycles. The molecule has 0 amide bonds. The summed E-state index contributed by atoms with van der Waals surface area (Å²) in [6, 6.07) is 5.30. The fourth-order valence-corrected chi connectivity index (χ4v) is 2.42. The Balaban J connectivity index is 0.00000338. The summed E-state index contributed by atoms with van der Waals surface area (Å²) in [4.78, 5) is 4.60. The van der Waals surface area contributed by atoms with Crippen LogP contribution in [0.3, 0.4) is 0 Å². The van der Waals surface area contributed by atoms with Crippen LogP contribution in [0.5, 0.6) is 0 Å². The zero-order chi connectivity index (χ0) is 18.1. The number of guanidine groups is 1. The lowest BCUT2D eigenvalue weighted by molar-refractivity contribution is 0.603. The molecule has 0 aliphatic rings. The number of benzene rings is 1. The third kappa shape index (κ3) is 7.27. The lowest BCUT2D eigenvalue weighted by Crippen LogP contribution is -2.38. The van der Waals surface area contributed by atoms with Gasteiger partial charge in [0, 0.05) is 19.6 Å². The van der Waals surface area contributed by atoms with Crippen molar-refractivity contribution in [1.82, 2.24) is 25.4 Å². The first-order valence-electron chi connectivity index (χ1n) is 8.73. The second-order valence-electron chi connectivity index (χ2n) is 6.04.